The molecule has 2 rings (SSSR count). The molecule has 0 aliphatic rings. The number of aryl methyl sites for hydroxylation is 1. The standard InChI is InChI=1S/C15H15Br2NO2/c1-10(4-5-14-3-2-6-20-14)18-15(19)11-7-12(16)9-13(17)8-11/h2-3,6-10H,4-5H2,1H3,(H,18,19). The highest BCUT2D eigenvalue weighted by molar-refractivity contribution is 9.11. The number of nitrogens with one attached hydrogen (secondary N) is 1. The zero-order valence-corrected chi connectivity index (χ0v) is 14.2. The first-order valence-electron chi connectivity index (χ1n) is 6.34. The fourth-order valence-corrected chi connectivity index (χ4v) is 3.17. The van der Waals surface area contributed by atoms with Gasteiger partial charge in [0.15, 0.2) is 0 Å². The lowest BCUT2D eigenvalue weighted by molar-refractivity contribution is 0.0938. The molecule has 0 spiro atoms. The summed E-state index contributed by atoms with van der Waals surface area (Å²) in [6.07, 6.45) is 3.32. The Morgan fingerprint density at radius 2 is 2.00 bits per heavy atom. The summed E-state index contributed by atoms with van der Waals surface area (Å²) in [5, 5.41) is 2.99. The van der Waals surface area contributed by atoms with Crippen molar-refractivity contribution in [3.8, 4) is 0 Å². The number of rotatable bonds is 5. The first kappa shape index (κ1) is 15.3. The Bertz CT molecular complexity index is 561. The molecule has 106 valence electrons. The van der Waals surface area contributed by atoms with Crippen LogP contribution >= 0.6 is 31.9 Å². The molecule has 20 heavy (non-hydrogen) atoms. The van der Waals surface area contributed by atoms with Gasteiger partial charge in [-0.05, 0) is 43.7 Å². The summed E-state index contributed by atoms with van der Waals surface area (Å²) in [5.74, 6) is 0.871. The van der Waals surface area contributed by atoms with Crippen molar-refractivity contribution in [2.24, 2.45) is 0 Å². The Balaban J connectivity index is 1.90. The molecule has 0 aliphatic carbocycles. The molecule has 3 nitrogen and oxygen atoms in total. The van der Waals surface area contributed by atoms with Crippen molar-refractivity contribution in [2.75, 3.05) is 0 Å². The minimum atomic E-state index is -0.0704. The van der Waals surface area contributed by atoms with Gasteiger partial charge in [0.25, 0.3) is 5.91 Å². The number of carbonyl (C=O) groups excluding carboxylic acids is 1. The predicted octanol–water partition coefficient (Wildman–Crippen LogP) is 4.56. The monoisotopic (exact) mass is 399 g/mol. The van der Waals surface area contributed by atoms with Crippen molar-refractivity contribution in [1.29, 1.82) is 0 Å². The number of furan rings is 1. The van der Waals surface area contributed by atoms with E-state index in [1.54, 1.807) is 18.4 Å². The lowest BCUT2D eigenvalue weighted by Crippen LogP contribution is -2.32. The first-order chi connectivity index (χ1) is 9.54. The third-order valence-electron chi connectivity index (χ3n) is 2.91. The van der Waals surface area contributed by atoms with Gasteiger partial charge in [-0.15, -0.1) is 0 Å². The highest BCUT2D eigenvalue weighted by Crippen LogP contribution is 2.20. The van der Waals surface area contributed by atoms with Gasteiger partial charge in [0.1, 0.15) is 5.76 Å². The van der Waals surface area contributed by atoms with Crippen LogP contribution in [0, 0.1) is 0 Å². The number of hydrogen-bond acceptors (Lipinski definition) is 2. The molecule has 0 fully saturated rings. The fourth-order valence-electron chi connectivity index (χ4n) is 1.88. The van der Waals surface area contributed by atoms with E-state index in [9.17, 15) is 4.79 Å². The Morgan fingerprint density at radius 3 is 2.60 bits per heavy atom. The van der Waals surface area contributed by atoms with Gasteiger partial charge in [-0.25, -0.2) is 0 Å². The first-order valence-corrected chi connectivity index (χ1v) is 7.92. The molecule has 0 saturated carbocycles. The molecule has 1 amide bonds. The second-order valence-electron chi connectivity index (χ2n) is 4.65. The van der Waals surface area contributed by atoms with Crippen LogP contribution in [-0.2, 0) is 6.42 Å². The summed E-state index contributed by atoms with van der Waals surface area (Å²) in [6, 6.07) is 9.42. The van der Waals surface area contributed by atoms with E-state index < -0.39 is 0 Å². The molecular weight excluding hydrogens is 386 g/mol. The third kappa shape index (κ3) is 4.49. The second kappa shape index (κ2) is 7.09. The summed E-state index contributed by atoms with van der Waals surface area (Å²) in [4.78, 5) is 12.1. The summed E-state index contributed by atoms with van der Waals surface area (Å²) >= 11 is 6.76. The molecule has 0 radical (unpaired) electrons. The lowest BCUT2D eigenvalue weighted by atomic mass is 10.1. The van der Waals surface area contributed by atoms with E-state index >= 15 is 0 Å². The Labute approximate surface area is 135 Å². The van der Waals surface area contributed by atoms with Crippen molar-refractivity contribution in [3.05, 3.63) is 56.9 Å². The number of carbonyl (C=O) groups is 1. The van der Waals surface area contributed by atoms with Crippen molar-refractivity contribution in [3.63, 3.8) is 0 Å². The van der Waals surface area contributed by atoms with Crippen LogP contribution in [0.25, 0.3) is 0 Å². The molecule has 0 saturated heterocycles. The van der Waals surface area contributed by atoms with Gasteiger partial charge in [-0.1, -0.05) is 31.9 Å². The Kier molecular flexibility index (Phi) is 5.43. The lowest BCUT2D eigenvalue weighted by Gasteiger charge is -2.13. The minimum Gasteiger partial charge on any atom is -0.469 e. The largest absolute Gasteiger partial charge is 0.469 e. The predicted molar refractivity (Wildman–Crippen MR) is 85.8 cm³/mol. The van der Waals surface area contributed by atoms with Gasteiger partial charge in [0.05, 0.1) is 6.26 Å². The van der Waals surface area contributed by atoms with E-state index in [0.717, 1.165) is 27.5 Å². The van der Waals surface area contributed by atoms with Crippen LogP contribution in [-0.4, -0.2) is 11.9 Å². The van der Waals surface area contributed by atoms with Gasteiger partial charge in [0.2, 0.25) is 0 Å². The molecular formula is C15H15Br2NO2. The fraction of sp³-hybridized carbons (Fsp3) is 0.267. The maximum atomic E-state index is 12.1. The highest BCUT2D eigenvalue weighted by Gasteiger charge is 2.11. The SMILES string of the molecule is CC(CCc1ccco1)NC(=O)c1cc(Br)cc(Br)c1. The normalized spacial score (nSPS) is 12.2. The average molecular weight is 401 g/mol. The summed E-state index contributed by atoms with van der Waals surface area (Å²) in [5.41, 5.74) is 0.635. The highest BCUT2D eigenvalue weighted by atomic mass is 79.9. The molecule has 5 heteroatoms. The summed E-state index contributed by atoms with van der Waals surface area (Å²) < 4.78 is 7.03. The molecule has 1 aromatic heterocycles. The van der Waals surface area contributed by atoms with Crippen molar-refractivity contribution in [1.82, 2.24) is 5.32 Å². The maximum absolute atomic E-state index is 12.1. The van der Waals surface area contributed by atoms with Gasteiger partial charge in [0, 0.05) is 27.0 Å². The van der Waals surface area contributed by atoms with E-state index in [0.29, 0.717) is 5.56 Å². The molecule has 1 unspecified atom stereocenters. The van der Waals surface area contributed by atoms with E-state index in [-0.39, 0.29) is 11.9 Å². The smallest absolute Gasteiger partial charge is 0.251 e. The quantitative estimate of drug-likeness (QED) is 0.799. The topological polar surface area (TPSA) is 42.2 Å². The van der Waals surface area contributed by atoms with Crippen molar-refractivity contribution in [2.45, 2.75) is 25.8 Å². The third-order valence-corrected chi connectivity index (χ3v) is 3.82. The van der Waals surface area contributed by atoms with E-state index in [2.05, 4.69) is 37.2 Å². The van der Waals surface area contributed by atoms with Gasteiger partial charge < -0.3 is 9.73 Å². The van der Waals surface area contributed by atoms with Crippen molar-refractivity contribution < 1.29 is 9.21 Å². The van der Waals surface area contributed by atoms with Gasteiger partial charge in [-0.3, -0.25) is 4.79 Å². The van der Waals surface area contributed by atoms with Crippen LogP contribution in [0.5, 0.6) is 0 Å². The number of halogens is 2. The minimum absolute atomic E-state index is 0.0704. The zero-order valence-electron chi connectivity index (χ0n) is 11.0. The van der Waals surface area contributed by atoms with Gasteiger partial charge in [-0.2, -0.15) is 0 Å². The second-order valence-corrected chi connectivity index (χ2v) is 6.48. The number of hydrogen-bond donors (Lipinski definition) is 1. The van der Waals surface area contributed by atoms with E-state index in [1.807, 2.05) is 25.1 Å². The van der Waals surface area contributed by atoms with Crippen molar-refractivity contribution >= 4 is 37.8 Å². The van der Waals surface area contributed by atoms with E-state index in [4.69, 9.17) is 4.42 Å². The molecule has 1 N–H and O–H groups in total. The molecule has 1 aromatic carbocycles. The molecule has 1 atom stereocenters. The van der Waals surface area contributed by atoms with Crippen LogP contribution in [0.2, 0.25) is 0 Å². The van der Waals surface area contributed by atoms with Crippen LogP contribution < -0.4 is 5.32 Å². The molecule has 0 bridgehead atoms. The van der Waals surface area contributed by atoms with Crippen LogP contribution in [0.4, 0.5) is 0 Å². The summed E-state index contributed by atoms with van der Waals surface area (Å²) in [7, 11) is 0. The average Bonchev–Trinajstić information content (AvgIpc) is 2.88. The number of amides is 1. The van der Waals surface area contributed by atoms with Gasteiger partial charge >= 0.3 is 0 Å². The molecule has 2 aromatic rings. The van der Waals surface area contributed by atoms with Crippen LogP contribution in [0.15, 0.2) is 50.0 Å². The van der Waals surface area contributed by atoms with E-state index in [1.165, 1.54) is 0 Å². The Morgan fingerprint density at radius 1 is 1.30 bits per heavy atom. The Hall–Kier alpha value is -1.07. The zero-order chi connectivity index (χ0) is 14.5. The number of benzene rings is 1. The molecule has 1 heterocycles. The van der Waals surface area contributed by atoms with Crippen LogP contribution in [0.1, 0.15) is 29.5 Å². The maximum Gasteiger partial charge on any atom is 0.251 e. The van der Waals surface area contributed by atoms with Crippen LogP contribution in [0.3, 0.4) is 0 Å². The summed E-state index contributed by atoms with van der Waals surface area (Å²) in [6.45, 7) is 1.99. The molecule has 0 aliphatic heterocycles.